The van der Waals surface area contributed by atoms with Crippen molar-refractivity contribution in [3.05, 3.63) is 0 Å². The molecule has 0 rings (SSSR count). The molecule has 6 nitrogen and oxygen atoms in total. The van der Waals surface area contributed by atoms with Gasteiger partial charge in [0.15, 0.2) is 0 Å². The van der Waals surface area contributed by atoms with Crippen molar-refractivity contribution >= 4 is 0 Å². The lowest BCUT2D eigenvalue weighted by Gasteiger charge is -2.16. The Labute approximate surface area is 111 Å². The van der Waals surface area contributed by atoms with Crippen LogP contribution in [0.15, 0.2) is 0 Å². The minimum atomic E-state index is -0.298. The van der Waals surface area contributed by atoms with Crippen molar-refractivity contribution < 1.29 is 5.11 Å². The van der Waals surface area contributed by atoms with Gasteiger partial charge in [-0.05, 0) is 13.8 Å². The fraction of sp³-hybridized carbons (Fsp3) is 1.00. The van der Waals surface area contributed by atoms with E-state index in [1.54, 1.807) is 6.92 Å². The number of hydrogen-bond donors (Lipinski definition) is 6. The molecule has 0 aliphatic rings. The SMILES string of the molecule is CC(O)C(C)NCCNCCNCCNCCN. The largest absolute Gasteiger partial charge is 0.392 e. The zero-order valence-corrected chi connectivity index (χ0v) is 11.8. The number of rotatable bonds is 13. The zero-order chi connectivity index (χ0) is 13.6. The van der Waals surface area contributed by atoms with Crippen LogP contribution in [0.3, 0.4) is 0 Å². The Kier molecular flexibility index (Phi) is 13.0. The van der Waals surface area contributed by atoms with Crippen LogP contribution in [0.4, 0.5) is 0 Å². The van der Waals surface area contributed by atoms with E-state index < -0.39 is 0 Å². The van der Waals surface area contributed by atoms with Crippen molar-refractivity contribution in [2.45, 2.75) is 26.0 Å². The van der Waals surface area contributed by atoms with Gasteiger partial charge < -0.3 is 32.1 Å². The van der Waals surface area contributed by atoms with Gasteiger partial charge in [0, 0.05) is 58.4 Å². The molecule has 18 heavy (non-hydrogen) atoms. The molecule has 0 aromatic heterocycles. The molecule has 0 aliphatic carbocycles. The van der Waals surface area contributed by atoms with E-state index in [1.807, 2.05) is 6.92 Å². The second-order valence-corrected chi connectivity index (χ2v) is 4.52. The van der Waals surface area contributed by atoms with Crippen molar-refractivity contribution in [1.82, 2.24) is 21.3 Å². The first-order valence-corrected chi connectivity index (χ1v) is 6.92. The van der Waals surface area contributed by atoms with E-state index in [0.717, 1.165) is 45.8 Å². The molecule has 2 unspecified atom stereocenters. The Balaban J connectivity index is 3.03. The van der Waals surface area contributed by atoms with E-state index in [9.17, 15) is 5.11 Å². The molecule has 0 fully saturated rings. The van der Waals surface area contributed by atoms with Crippen molar-refractivity contribution in [1.29, 1.82) is 0 Å². The molecule has 0 heterocycles. The summed E-state index contributed by atoms with van der Waals surface area (Å²) >= 11 is 0. The summed E-state index contributed by atoms with van der Waals surface area (Å²) in [7, 11) is 0. The maximum absolute atomic E-state index is 9.28. The smallest absolute Gasteiger partial charge is 0.0662 e. The third kappa shape index (κ3) is 12.2. The van der Waals surface area contributed by atoms with Gasteiger partial charge in [-0.3, -0.25) is 0 Å². The molecular formula is C12H31N5O. The van der Waals surface area contributed by atoms with Crippen molar-refractivity contribution in [3.63, 3.8) is 0 Å². The van der Waals surface area contributed by atoms with Gasteiger partial charge in [0.05, 0.1) is 6.10 Å². The van der Waals surface area contributed by atoms with Crippen molar-refractivity contribution in [3.8, 4) is 0 Å². The molecule has 0 saturated carbocycles. The molecule has 0 aromatic carbocycles. The minimum Gasteiger partial charge on any atom is -0.392 e. The van der Waals surface area contributed by atoms with Crippen LogP contribution in [-0.4, -0.2) is 69.6 Å². The first-order chi connectivity index (χ1) is 8.68. The van der Waals surface area contributed by atoms with Gasteiger partial charge in [0.25, 0.3) is 0 Å². The third-order valence-electron chi connectivity index (χ3n) is 2.77. The van der Waals surface area contributed by atoms with Crippen LogP contribution in [0.5, 0.6) is 0 Å². The molecule has 0 aliphatic heterocycles. The van der Waals surface area contributed by atoms with E-state index in [-0.39, 0.29) is 12.1 Å². The maximum atomic E-state index is 9.28. The summed E-state index contributed by atoms with van der Waals surface area (Å²) < 4.78 is 0. The predicted octanol–water partition coefficient (Wildman–Crippen LogP) is -1.93. The first-order valence-electron chi connectivity index (χ1n) is 6.92. The standard InChI is InChI=1S/C12H31N5O/c1-11(12(2)18)17-10-9-16-8-7-15-6-5-14-4-3-13/h11-12,14-18H,3-10,13H2,1-2H3. The maximum Gasteiger partial charge on any atom is 0.0662 e. The van der Waals surface area contributed by atoms with Crippen LogP contribution in [0.25, 0.3) is 0 Å². The zero-order valence-electron chi connectivity index (χ0n) is 11.8. The van der Waals surface area contributed by atoms with Gasteiger partial charge in [0.2, 0.25) is 0 Å². The van der Waals surface area contributed by atoms with Gasteiger partial charge in [-0.15, -0.1) is 0 Å². The molecule has 0 aromatic rings. The normalized spacial score (nSPS) is 14.7. The summed E-state index contributed by atoms with van der Waals surface area (Å²) in [6, 6.07) is 0.151. The van der Waals surface area contributed by atoms with E-state index in [2.05, 4.69) is 21.3 Å². The number of hydrogen-bond acceptors (Lipinski definition) is 6. The monoisotopic (exact) mass is 261 g/mol. The lowest BCUT2D eigenvalue weighted by Crippen LogP contribution is -2.40. The fourth-order valence-corrected chi connectivity index (χ4v) is 1.39. The van der Waals surface area contributed by atoms with E-state index in [4.69, 9.17) is 5.73 Å². The van der Waals surface area contributed by atoms with Crippen LogP contribution in [0.2, 0.25) is 0 Å². The number of nitrogens with two attached hydrogens (primary N) is 1. The van der Waals surface area contributed by atoms with Gasteiger partial charge in [-0.1, -0.05) is 0 Å². The second kappa shape index (κ2) is 13.2. The molecule has 110 valence electrons. The lowest BCUT2D eigenvalue weighted by atomic mass is 10.2. The summed E-state index contributed by atoms with van der Waals surface area (Å²) in [5.74, 6) is 0. The summed E-state index contributed by atoms with van der Waals surface area (Å²) in [6.07, 6.45) is -0.298. The molecule has 0 spiro atoms. The van der Waals surface area contributed by atoms with Crippen LogP contribution in [-0.2, 0) is 0 Å². The van der Waals surface area contributed by atoms with Gasteiger partial charge in [0.1, 0.15) is 0 Å². The first kappa shape index (κ1) is 17.8. The highest BCUT2D eigenvalue weighted by atomic mass is 16.3. The fourth-order valence-electron chi connectivity index (χ4n) is 1.39. The second-order valence-electron chi connectivity index (χ2n) is 4.52. The summed E-state index contributed by atoms with van der Waals surface area (Å²) in [4.78, 5) is 0. The van der Waals surface area contributed by atoms with E-state index in [1.165, 1.54) is 0 Å². The quantitative estimate of drug-likeness (QED) is 0.216. The minimum absolute atomic E-state index is 0.151. The highest BCUT2D eigenvalue weighted by molar-refractivity contribution is 4.66. The van der Waals surface area contributed by atoms with Crippen LogP contribution >= 0.6 is 0 Å². The van der Waals surface area contributed by atoms with Crippen LogP contribution < -0.4 is 27.0 Å². The molecule has 0 radical (unpaired) electrons. The topological polar surface area (TPSA) is 94.4 Å². The number of aliphatic hydroxyl groups is 1. The number of nitrogens with one attached hydrogen (secondary N) is 4. The Morgan fingerprint density at radius 2 is 1.28 bits per heavy atom. The summed E-state index contributed by atoms with van der Waals surface area (Å²) in [6.45, 7) is 11.0. The predicted molar refractivity (Wildman–Crippen MR) is 76.8 cm³/mol. The third-order valence-corrected chi connectivity index (χ3v) is 2.77. The molecule has 6 heteroatoms. The van der Waals surface area contributed by atoms with Gasteiger partial charge >= 0.3 is 0 Å². The lowest BCUT2D eigenvalue weighted by molar-refractivity contribution is 0.153. The Bertz CT molecular complexity index is 169. The summed E-state index contributed by atoms with van der Waals surface area (Å²) in [5, 5.41) is 22.4. The highest BCUT2D eigenvalue weighted by Gasteiger charge is 2.05. The van der Waals surface area contributed by atoms with Crippen molar-refractivity contribution in [2.24, 2.45) is 5.73 Å². The molecular weight excluding hydrogens is 230 g/mol. The molecule has 0 saturated heterocycles. The Hall–Kier alpha value is -0.240. The van der Waals surface area contributed by atoms with Gasteiger partial charge in [-0.2, -0.15) is 0 Å². The van der Waals surface area contributed by atoms with Gasteiger partial charge in [-0.25, -0.2) is 0 Å². The van der Waals surface area contributed by atoms with E-state index >= 15 is 0 Å². The Morgan fingerprint density at radius 1 is 0.833 bits per heavy atom. The molecule has 0 amide bonds. The van der Waals surface area contributed by atoms with Crippen molar-refractivity contribution in [2.75, 3.05) is 52.4 Å². The Morgan fingerprint density at radius 3 is 1.72 bits per heavy atom. The molecule has 2 atom stereocenters. The molecule has 7 N–H and O–H groups in total. The average Bonchev–Trinajstić information content (AvgIpc) is 2.35. The number of aliphatic hydroxyl groups excluding tert-OH is 1. The summed E-state index contributed by atoms with van der Waals surface area (Å²) in [5.41, 5.74) is 5.36. The van der Waals surface area contributed by atoms with E-state index in [0.29, 0.717) is 6.54 Å². The average molecular weight is 261 g/mol. The van der Waals surface area contributed by atoms with Crippen LogP contribution in [0, 0.1) is 0 Å². The molecule has 0 bridgehead atoms. The van der Waals surface area contributed by atoms with Crippen LogP contribution in [0.1, 0.15) is 13.8 Å². The highest BCUT2D eigenvalue weighted by Crippen LogP contribution is 1.88.